The number of piperidine rings is 1. The summed E-state index contributed by atoms with van der Waals surface area (Å²) in [7, 11) is 0. The second-order valence-corrected chi connectivity index (χ2v) is 8.79. The van der Waals surface area contributed by atoms with Gasteiger partial charge >= 0.3 is 0 Å². The van der Waals surface area contributed by atoms with Crippen molar-refractivity contribution < 1.29 is 9.90 Å². The van der Waals surface area contributed by atoms with Gasteiger partial charge in [-0.25, -0.2) is 0 Å². The summed E-state index contributed by atoms with van der Waals surface area (Å²) < 4.78 is 0. The minimum Gasteiger partial charge on any atom is -0.390 e. The highest BCUT2D eigenvalue weighted by Crippen LogP contribution is 2.55. The van der Waals surface area contributed by atoms with E-state index in [0.717, 1.165) is 32.5 Å². The first kappa shape index (κ1) is 15.8. The van der Waals surface area contributed by atoms with E-state index >= 15 is 0 Å². The molecule has 1 saturated carbocycles. The number of hydrogen-bond donors (Lipinski definition) is 2. The predicted octanol–water partition coefficient (Wildman–Crippen LogP) is 2.52. The molecule has 4 heteroatoms. The molecule has 25 heavy (non-hydrogen) atoms. The Bertz CT molecular complexity index is 689. The third-order valence-corrected chi connectivity index (χ3v) is 7.53. The lowest BCUT2D eigenvalue weighted by atomic mass is 9.72. The average Bonchev–Trinajstić information content (AvgIpc) is 3.28. The molecule has 2 spiro atoms. The number of hydrogen-bond acceptors (Lipinski definition) is 3. The van der Waals surface area contributed by atoms with Crippen molar-refractivity contribution >= 4 is 5.91 Å². The number of carbonyl (C=O) groups excluding carboxylic acids is 1. The van der Waals surface area contributed by atoms with Crippen molar-refractivity contribution in [2.45, 2.75) is 62.5 Å². The van der Waals surface area contributed by atoms with Gasteiger partial charge in [0.25, 0.3) is 0 Å². The maximum atomic E-state index is 13.0. The monoisotopic (exact) mass is 340 g/mol. The van der Waals surface area contributed by atoms with Gasteiger partial charge in [-0.2, -0.15) is 0 Å². The number of benzene rings is 1. The molecular weight excluding hydrogens is 312 g/mol. The molecule has 0 aromatic heterocycles. The van der Waals surface area contributed by atoms with E-state index < -0.39 is 6.10 Å². The lowest BCUT2D eigenvalue weighted by Crippen LogP contribution is -2.49. The molecule has 0 bridgehead atoms. The van der Waals surface area contributed by atoms with Crippen LogP contribution >= 0.6 is 0 Å². The number of rotatable bonds is 1. The molecule has 1 aromatic rings. The molecule has 5 rings (SSSR count). The van der Waals surface area contributed by atoms with Gasteiger partial charge in [-0.3, -0.25) is 4.79 Å². The largest absolute Gasteiger partial charge is 0.390 e. The lowest BCUT2D eigenvalue weighted by molar-refractivity contribution is -0.133. The summed E-state index contributed by atoms with van der Waals surface area (Å²) in [6.07, 6.45) is 6.97. The summed E-state index contributed by atoms with van der Waals surface area (Å²) in [5.74, 6) is 0.256. The quantitative estimate of drug-likeness (QED) is 0.826. The molecule has 0 radical (unpaired) electrons. The van der Waals surface area contributed by atoms with Crippen molar-refractivity contribution in [3.05, 3.63) is 35.4 Å². The van der Waals surface area contributed by atoms with Crippen LogP contribution in [0, 0.1) is 5.41 Å². The number of nitrogens with zero attached hydrogens (tertiary/aromatic N) is 1. The van der Waals surface area contributed by atoms with E-state index in [4.69, 9.17) is 0 Å². The molecular formula is C21H28N2O2. The molecule has 2 saturated heterocycles. The third-order valence-electron chi connectivity index (χ3n) is 7.53. The van der Waals surface area contributed by atoms with E-state index in [2.05, 4.69) is 29.6 Å². The van der Waals surface area contributed by atoms with Crippen LogP contribution in [0.25, 0.3) is 0 Å². The predicted molar refractivity (Wildman–Crippen MR) is 96.2 cm³/mol. The fourth-order valence-electron chi connectivity index (χ4n) is 6.26. The van der Waals surface area contributed by atoms with Gasteiger partial charge in [-0.15, -0.1) is 0 Å². The summed E-state index contributed by atoms with van der Waals surface area (Å²) in [5, 5.41) is 14.9. The van der Waals surface area contributed by atoms with Crippen molar-refractivity contribution in [3.8, 4) is 0 Å². The Morgan fingerprint density at radius 2 is 1.80 bits per heavy atom. The van der Waals surface area contributed by atoms with Crippen molar-refractivity contribution in [1.29, 1.82) is 0 Å². The van der Waals surface area contributed by atoms with E-state index in [9.17, 15) is 9.90 Å². The van der Waals surface area contributed by atoms with E-state index in [1.807, 2.05) is 4.90 Å². The number of carbonyl (C=O) groups is 1. The fraction of sp³-hybridized carbons (Fsp3) is 0.667. The molecule has 2 aliphatic carbocycles. The molecule has 134 valence electrons. The molecule has 1 aromatic carbocycles. The van der Waals surface area contributed by atoms with Crippen LogP contribution in [0.1, 0.15) is 62.1 Å². The molecule has 4 nitrogen and oxygen atoms in total. The highest BCUT2D eigenvalue weighted by Gasteiger charge is 2.57. The average molecular weight is 340 g/mol. The maximum Gasteiger partial charge on any atom is 0.223 e. The first-order valence-corrected chi connectivity index (χ1v) is 9.93. The van der Waals surface area contributed by atoms with Gasteiger partial charge in [0.2, 0.25) is 5.91 Å². The molecule has 4 aliphatic rings. The normalized spacial score (nSPS) is 32.7. The van der Waals surface area contributed by atoms with Crippen LogP contribution in [-0.2, 0) is 10.2 Å². The zero-order chi connectivity index (χ0) is 17.1. The topological polar surface area (TPSA) is 52.6 Å². The molecule has 2 atom stereocenters. The highest BCUT2D eigenvalue weighted by molar-refractivity contribution is 5.80. The number of nitrogens with one attached hydrogen (secondary N) is 1. The Morgan fingerprint density at radius 1 is 1.08 bits per heavy atom. The van der Waals surface area contributed by atoms with Crippen LogP contribution in [0.4, 0.5) is 0 Å². The van der Waals surface area contributed by atoms with Crippen molar-refractivity contribution in [3.63, 3.8) is 0 Å². The van der Waals surface area contributed by atoms with Gasteiger partial charge in [0.1, 0.15) is 0 Å². The van der Waals surface area contributed by atoms with Gasteiger partial charge < -0.3 is 15.3 Å². The van der Waals surface area contributed by atoms with Crippen molar-refractivity contribution in [2.24, 2.45) is 5.41 Å². The van der Waals surface area contributed by atoms with E-state index in [-0.39, 0.29) is 22.8 Å². The summed E-state index contributed by atoms with van der Waals surface area (Å²) in [4.78, 5) is 15.0. The van der Waals surface area contributed by atoms with Crippen molar-refractivity contribution in [1.82, 2.24) is 10.2 Å². The molecule has 2 heterocycles. The molecule has 2 aliphatic heterocycles. The lowest BCUT2D eigenvalue weighted by Gasteiger charge is -2.40. The Balaban J connectivity index is 1.55. The molecule has 0 unspecified atom stereocenters. The number of aliphatic hydroxyl groups excluding tert-OH is 1. The maximum absolute atomic E-state index is 13.0. The second-order valence-electron chi connectivity index (χ2n) is 8.79. The van der Waals surface area contributed by atoms with E-state index in [1.54, 1.807) is 0 Å². The smallest absolute Gasteiger partial charge is 0.223 e. The minimum atomic E-state index is -0.479. The number of likely N-dealkylation sites (tertiary alicyclic amines) is 1. The Kier molecular flexibility index (Phi) is 3.52. The van der Waals surface area contributed by atoms with Gasteiger partial charge in [0.05, 0.1) is 12.1 Å². The van der Waals surface area contributed by atoms with Crippen LogP contribution < -0.4 is 5.32 Å². The van der Waals surface area contributed by atoms with Crippen LogP contribution in [-0.4, -0.2) is 41.7 Å². The standard InChI is InChI=1S/C21H28N2O2/c24-17-13-20(7-3-4-8-20)14-23(17)18-15-5-1-2-6-16(15)21(19(18)25)9-11-22-12-10-21/h1-2,5-6,18-19,22,25H,3-4,7-14H2/t18-,19+/m1/s1. The zero-order valence-corrected chi connectivity index (χ0v) is 14.8. The van der Waals surface area contributed by atoms with Crippen LogP contribution in [0.15, 0.2) is 24.3 Å². The van der Waals surface area contributed by atoms with Crippen LogP contribution in [0.5, 0.6) is 0 Å². The highest BCUT2D eigenvalue weighted by atomic mass is 16.3. The van der Waals surface area contributed by atoms with Gasteiger partial charge in [-0.05, 0) is 55.3 Å². The summed E-state index contributed by atoms with van der Waals surface area (Å²) in [5.41, 5.74) is 2.49. The first-order chi connectivity index (χ1) is 12.2. The molecule has 1 amide bonds. The van der Waals surface area contributed by atoms with Crippen LogP contribution in [0.3, 0.4) is 0 Å². The number of aliphatic hydroxyl groups is 1. The summed E-state index contributed by atoms with van der Waals surface area (Å²) in [6.45, 7) is 2.72. The number of amides is 1. The Hall–Kier alpha value is -1.39. The summed E-state index contributed by atoms with van der Waals surface area (Å²) in [6, 6.07) is 8.33. The van der Waals surface area contributed by atoms with Gasteiger partial charge in [0.15, 0.2) is 0 Å². The van der Waals surface area contributed by atoms with Crippen molar-refractivity contribution in [2.75, 3.05) is 19.6 Å². The number of fused-ring (bicyclic) bond motifs is 2. The first-order valence-electron chi connectivity index (χ1n) is 9.93. The third kappa shape index (κ3) is 2.16. The van der Waals surface area contributed by atoms with Gasteiger partial charge in [-0.1, -0.05) is 37.1 Å². The van der Waals surface area contributed by atoms with E-state index in [1.165, 1.54) is 36.8 Å². The van der Waals surface area contributed by atoms with E-state index in [0.29, 0.717) is 6.42 Å². The SMILES string of the molecule is O=C1CC2(CCCC2)CN1[C@@H]1c2ccccc2C2(CCNCC2)[C@H]1O. The zero-order valence-electron chi connectivity index (χ0n) is 14.8. The minimum absolute atomic E-state index is 0.151. The second kappa shape index (κ2) is 5.55. The van der Waals surface area contributed by atoms with Gasteiger partial charge in [0, 0.05) is 18.4 Å². The van der Waals surface area contributed by atoms with Crippen LogP contribution in [0.2, 0.25) is 0 Å². The Morgan fingerprint density at radius 3 is 2.56 bits per heavy atom. The molecule has 2 N–H and O–H groups in total. The summed E-state index contributed by atoms with van der Waals surface area (Å²) >= 11 is 0. The fourth-order valence-corrected chi connectivity index (χ4v) is 6.26. The Labute approximate surface area is 149 Å². The molecule has 3 fully saturated rings.